The number of amides is 1. The monoisotopic (exact) mass is 321 g/mol. The summed E-state index contributed by atoms with van der Waals surface area (Å²) in [6.45, 7) is 9.42. The Balaban J connectivity index is 2.09. The molecule has 2 heterocycles. The summed E-state index contributed by atoms with van der Waals surface area (Å²) in [5, 5.41) is 13.3. The van der Waals surface area contributed by atoms with E-state index in [-0.39, 0.29) is 23.8 Å². The summed E-state index contributed by atoms with van der Waals surface area (Å²) in [5.74, 6) is -0.574. The average Bonchev–Trinajstić information content (AvgIpc) is 2.67. The van der Waals surface area contributed by atoms with Crippen molar-refractivity contribution in [2.75, 3.05) is 13.1 Å². The van der Waals surface area contributed by atoms with E-state index in [4.69, 9.17) is 5.11 Å². The highest BCUT2D eigenvalue weighted by atomic mass is 16.4. The maximum absolute atomic E-state index is 12.8. The summed E-state index contributed by atoms with van der Waals surface area (Å²) in [4.78, 5) is 25.5. The molecule has 1 aliphatic heterocycles. The highest BCUT2D eigenvalue weighted by Gasteiger charge is 2.27. The fourth-order valence-corrected chi connectivity index (χ4v) is 3.29. The molecule has 6 heteroatoms. The molecular formula is C17H27N3O3. The second-order valence-electron chi connectivity index (χ2n) is 7.41. The summed E-state index contributed by atoms with van der Waals surface area (Å²) >= 11 is 0. The van der Waals surface area contributed by atoms with Crippen LogP contribution in [0.25, 0.3) is 0 Å². The van der Waals surface area contributed by atoms with Crippen LogP contribution in [0.5, 0.6) is 0 Å². The first-order valence-corrected chi connectivity index (χ1v) is 8.26. The van der Waals surface area contributed by atoms with E-state index in [1.165, 1.54) is 0 Å². The quantitative estimate of drug-likeness (QED) is 0.928. The lowest BCUT2D eigenvalue weighted by Gasteiger charge is -2.23. The van der Waals surface area contributed by atoms with Crippen LogP contribution in [0.4, 0.5) is 0 Å². The number of nitrogens with zero attached hydrogens (tertiary/aromatic N) is 3. The van der Waals surface area contributed by atoms with Crippen molar-refractivity contribution in [3.63, 3.8) is 0 Å². The van der Waals surface area contributed by atoms with Gasteiger partial charge in [-0.25, -0.2) is 0 Å². The number of hydrogen-bond acceptors (Lipinski definition) is 3. The van der Waals surface area contributed by atoms with Crippen LogP contribution < -0.4 is 0 Å². The van der Waals surface area contributed by atoms with E-state index in [0.29, 0.717) is 18.7 Å². The number of likely N-dealkylation sites (tertiary alicyclic amines) is 1. The molecule has 0 saturated carbocycles. The van der Waals surface area contributed by atoms with Gasteiger partial charge in [0.2, 0.25) is 0 Å². The molecule has 0 radical (unpaired) electrons. The zero-order valence-electron chi connectivity index (χ0n) is 14.5. The molecule has 0 bridgehead atoms. The van der Waals surface area contributed by atoms with E-state index < -0.39 is 5.97 Å². The molecule has 1 atom stereocenters. The second-order valence-corrected chi connectivity index (χ2v) is 7.41. The number of carbonyl (C=O) groups excluding carboxylic acids is 1. The molecule has 0 spiro atoms. The fraction of sp³-hybridized carbons (Fsp3) is 0.706. The Labute approximate surface area is 137 Å². The number of rotatable bonds is 3. The van der Waals surface area contributed by atoms with E-state index >= 15 is 0 Å². The van der Waals surface area contributed by atoms with Crippen LogP contribution >= 0.6 is 0 Å². The summed E-state index contributed by atoms with van der Waals surface area (Å²) in [6.07, 6.45) is 4.34. The van der Waals surface area contributed by atoms with Gasteiger partial charge in [0.15, 0.2) is 0 Å². The summed E-state index contributed by atoms with van der Waals surface area (Å²) in [7, 11) is 0. The second kappa shape index (κ2) is 6.72. The third-order valence-corrected chi connectivity index (χ3v) is 4.47. The molecule has 1 aromatic rings. The Hall–Kier alpha value is -1.85. The van der Waals surface area contributed by atoms with Gasteiger partial charge in [-0.3, -0.25) is 14.3 Å². The Bertz CT molecular complexity index is 586. The number of carbonyl (C=O) groups is 2. The van der Waals surface area contributed by atoms with Crippen LogP contribution in [0.2, 0.25) is 0 Å². The normalized spacial score (nSPS) is 19.5. The van der Waals surface area contributed by atoms with Crippen LogP contribution in [0.1, 0.15) is 62.5 Å². The molecule has 23 heavy (non-hydrogen) atoms. The van der Waals surface area contributed by atoms with E-state index in [9.17, 15) is 9.59 Å². The molecule has 6 nitrogen and oxygen atoms in total. The van der Waals surface area contributed by atoms with Crippen molar-refractivity contribution in [2.24, 2.45) is 5.92 Å². The van der Waals surface area contributed by atoms with Crippen molar-refractivity contribution in [1.82, 2.24) is 14.7 Å². The Morgan fingerprint density at radius 1 is 1.30 bits per heavy atom. The molecule has 1 fully saturated rings. The molecule has 1 N–H and O–H groups in total. The third kappa shape index (κ3) is 4.12. The van der Waals surface area contributed by atoms with Crippen LogP contribution in [-0.2, 0) is 10.3 Å². The van der Waals surface area contributed by atoms with E-state index in [0.717, 1.165) is 25.0 Å². The number of aliphatic carboxylic acids is 1. The van der Waals surface area contributed by atoms with Crippen molar-refractivity contribution in [2.45, 2.75) is 58.9 Å². The van der Waals surface area contributed by atoms with Gasteiger partial charge in [-0.05, 0) is 52.9 Å². The Kier molecular flexibility index (Phi) is 5.12. The zero-order chi connectivity index (χ0) is 17.2. The smallest absolute Gasteiger partial charge is 0.303 e. The van der Waals surface area contributed by atoms with Gasteiger partial charge in [0.05, 0.1) is 17.3 Å². The van der Waals surface area contributed by atoms with Crippen molar-refractivity contribution < 1.29 is 14.7 Å². The van der Waals surface area contributed by atoms with Gasteiger partial charge in [-0.15, -0.1) is 0 Å². The molecule has 0 aromatic carbocycles. The summed E-state index contributed by atoms with van der Waals surface area (Å²) < 4.78 is 1.88. The highest BCUT2D eigenvalue weighted by Crippen LogP contribution is 2.24. The van der Waals surface area contributed by atoms with Gasteiger partial charge >= 0.3 is 5.97 Å². The van der Waals surface area contributed by atoms with Crippen LogP contribution in [-0.4, -0.2) is 44.8 Å². The zero-order valence-corrected chi connectivity index (χ0v) is 14.5. The lowest BCUT2D eigenvalue weighted by molar-refractivity contribution is -0.138. The predicted molar refractivity (Wildman–Crippen MR) is 87.5 cm³/mol. The summed E-state index contributed by atoms with van der Waals surface area (Å²) in [6, 6.07) is 0. The molecule has 2 rings (SSSR count). The molecule has 1 unspecified atom stereocenters. The van der Waals surface area contributed by atoms with Gasteiger partial charge in [0.1, 0.15) is 0 Å². The van der Waals surface area contributed by atoms with Crippen molar-refractivity contribution in [1.29, 1.82) is 0 Å². The molecule has 1 saturated heterocycles. The largest absolute Gasteiger partial charge is 0.481 e. The lowest BCUT2D eigenvalue weighted by Crippen LogP contribution is -2.33. The van der Waals surface area contributed by atoms with Gasteiger partial charge in [0.25, 0.3) is 5.91 Å². The Morgan fingerprint density at radius 3 is 2.57 bits per heavy atom. The first kappa shape index (κ1) is 17.5. The molecule has 1 aliphatic rings. The van der Waals surface area contributed by atoms with Crippen molar-refractivity contribution in [3.05, 3.63) is 17.5 Å². The van der Waals surface area contributed by atoms with Crippen LogP contribution in [0, 0.1) is 12.8 Å². The average molecular weight is 321 g/mol. The number of hydrogen-bond donors (Lipinski definition) is 1. The lowest BCUT2D eigenvalue weighted by atomic mass is 9.97. The molecular weight excluding hydrogens is 294 g/mol. The van der Waals surface area contributed by atoms with Crippen LogP contribution in [0.3, 0.4) is 0 Å². The molecule has 1 amide bonds. The minimum Gasteiger partial charge on any atom is -0.481 e. The highest BCUT2D eigenvalue weighted by molar-refractivity contribution is 5.95. The van der Waals surface area contributed by atoms with Crippen molar-refractivity contribution in [3.8, 4) is 0 Å². The third-order valence-electron chi connectivity index (χ3n) is 4.47. The first-order chi connectivity index (χ1) is 10.7. The van der Waals surface area contributed by atoms with Gasteiger partial charge in [0, 0.05) is 25.2 Å². The van der Waals surface area contributed by atoms with Gasteiger partial charge < -0.3 is 10.0 Å². The standard InChI is InChI=1S/C17H27N3O3/c1-12-14(11-18-20(12)17(2,3)4)16(23)19-8-5-6-13(7-9-19)10-15(21)22/h11,13H,5-10H2,1-4H3,(H,21,22). The SMILES string of the molecule is Cc1c(C(=O)N2CCCC(CC(=O)O)CC2)cnn1C(C)(C)C. The van der Waals surface area contributed by atoms with Gasteiger partial charge in [-0.1, -0.05) is 0 Å². The topological polar surface area (TPSA) is 75.4 Å². The Morgan fingerprint density at radius 2 is 2.00 bits per heavy atom. The minimum atomic E-state index is -0.753. The molecule has 128 valence electrons. The number of carboxylic acids is 1. The predicted octanol–water partition coefficient (Wildman–Crippen LogP) is 2.66. The van der Waals surface area contributed by atoms with E-state index in [2.05, 4.69) is 25.9 Å². The van der Waals surface area contributed by atoms with Gasteiger partial charge in [-0.2, -0.15) is 5.10 Å². The first-order valence-electron chi connectivity index (χ1n) is 8.26. The maximum Gasteiger partial charge on any atom is 0.303 e. The minimum absolute atomic E-state index is 0.00831. The number of aromatic nitrogens is 2. The number of carboxylic acid groups (broad SMARTS) is 1. The van der Waals surface area contributed by atoms with Crippen molar-refractivity contribution >= 4 is 11.9 Å². The summed E-state index contributed by atoms with van der Waals surface area (Å²) in [5.41, 5.74) is 1.37. The van der Waals surface area contributed by atoms with E-state index in [1.54, 1.807) is 6.20 Å². The van der Waals surface area contributed by atoms with Crippen LogP contribution in [0.15, 0.2) is 6.20 Å². The fourth-order valence-electron chi connectivity index (χ4n) is 3.29. The molecule has 0 aliphatic carbocycles. The maximum atomic E-state index is 12.8. The molecule has 1 aromatic heterocycles. The van der Waals surface area contributed by atoms with E-state index in [1.807, 2.05) is 16.5 Å².